The molecule has 0 saturated carbocycles. The van der Waals surface area contributed by atoms with Crippen LogP contribution in [-0.4, -0.2) is 23.7 Å². The molecule has 0 aromatic rings. The van der Waals surface area contributed by atoms with Gasteiger partial charge in [-0.15, -0.1) is 0 Å². The van der Waals surface area contributed by atoms with E-state index in [1.807, 2.05) is 13.8 Å². The molecule has 0 aliphatic carbocycles. The van der Waals surface area contributed by atoms with Crippen molar-refractivity contribution in [1.82, 2.24) is 0 Å². The highest BCUT2D eigenvalue weighted by Gasteiger charge is 2.00. The molecule has 4 nitrogen and oxygen atoms in total. The molecule has 0 unspecified atom stereocenters. The summed E-state index contributed by atoms with van der Waals surface area (Å²) in [6, 6.07) is 0. The number of carboxylic acids is 1. The van der Waals surface area contributed by atoms with Crippen molar-refractivity contribution in [2.75, 3.05) is 6.61 Å². The molecule has 0 atom stereocenters. The molecule has 0 aromatic carbocycles. The quantitative estimate of drug-likeness (QED) is 0.522. The number of carboxylic acid groups (broad SMARTS) is 1. The topological polar surface area (TPSA) is 63.6 Å². The Labute approximate surface area is 83.6 Å². The van der Waals surface area contributed by atoms with E-state index < -0.39 is 5.97 Å². The summed E-state index contributed by atoms with van der Waals surface area (Å²) in [5.74, 6) is -0.944. The van der Waals surface area contributed by atoms with Gasteiger partial charge in [0, 0.05) is 6.08 Å². The Hall–Kier alpha value is -1.32. The first-order valence-electron chi connectivity index (χ1n) is 4.57. The van der Waals surface area contributed by atoms with Gasteiger partial charge in [0.05, 0.1) is 13.0 Å². The van der Waals surface area contributed by atoms with Crippen LogP contribution in [0.15, 0.2) is 12.2 Å². The van der Waals surface area contributed by atoms with E-state index in [0.29, 0.717) is 12.5 Å². The first kappa shape index (κ1) is 12.7. The molecule has 0 rings (SSSR count). The molecule has 0 heterocycles. The van der Waals surface area contributed by atoms with Gasteiger partial charge < -0.3 is 9.84 Å². The van der Waals surface area contributed by atoms with Gasteiger partial charge in [0.25, 0.3) is 0 Å². The van der Waals surface area contributed by atoms with Gasteiger partial charge in [0.15, 0.2) is 0 Å². The lowest BCUT2D eigenvalue weighted by atomic mass is 10.1. The third-order valence-corrected chi connectivity index (χ3v) is 1.50. The van der Waals surface area contributed by atoms with Crippen LogP contribution in [0.25, 0.3) is 0 Å². The summed E-state index contributed by atoms with van der Waals surface area (Å²) >= 11 is 0. The van der Waals surface area contributed by atoms with Gasteiger partial charge >= 0.3 is 11.9 Å². The lowest BCUT2D eigenvalue weighted by Gasteiger charge is -2.04. The van der Waals surface area contributed by atoms with Crippen LogP contribution in [0.3, 0.4) is 0 Å². The minimum absolute atomic E-state index is 0.0182. The van der Waals surface area contributed by atoms with Gasteiger partial charge in [-0.1, -0.05) is 19.9 Å². The summed E-state index contributed by atoms with van der Waals surface area (Å²) < 4.78 is 4.85. The van der Waals surface area contributed by atoms with Gasteiger partial charge in [-0.2, -0.15) is 0 Å². The second-order valence-corrected chi connectivity index (χ2v) is 3.35. The zero-order valence-corrected chi connectivity index (χ0v) is 8.53. The van der Waals surface area contributed by atoms with Gasteiger partial charge in [-0.05, 0) is 12.3 Å². The maximum atomic E-state index is 10.9. The van der Waals surface area contributed by atoms with E-state index in [1.54, 1.807) is 0 Å². The first-order valence-corrected chi connectivity index (χ1v) is 4.57. The Balaban J connectivity index is 3.51. The molecule has 80 valence electrons. The second-order valence-electron chi connectivity index (χ2n) is 3.35. The van der Waals surface area contributed by atoms with E-state index in [4.69, 9.17) is 9.84 Å². The molecular weight excluding hydrogens is 184 g/mol. The Morgan fingerprint density at radius 2 is 2.07 bits per heavy atom. The summed E-state index contributed by atoms with van der Waals surface area (Å²) in [5.41, 5.74) is 0. The molecular formula is C10H16O4. The number of ether oxygens (including phenoxy) is 1. The van der Waals surface area contributed by atoms with Gasteiger partial charge in [0.2, 0.25) is 0 Å². The number of carbonyl (C=O) groups is 2. The molecule has 14 heavy (non-hydrogen) atoms. The SMILES string of the molecule is CC(C)CCOC(=O)C/C=C/C(=O)O. The van der Waals surface area contributed by atoms with Crippen LogP contribution in [0.2, 0.25) is 0 Å². The Kier molecular flexibility index (Phi) is 6.45. The number of esters is 1. The van der Waals surface area contributed by atoms with Crippen LogP contribution in [0.5, 0.6) is 0 Å². The van der Waals surface area contributed by atoms with Crippen molar-refractivity contribution < 1.29 is 19.4 Å². The normalized spacial score (nSPS) is 10.8. The Morgan fingerprint density at radius 3 is 2.57 bits per heavy atom. The summed E-state index contributed by atoms with van der Waals surface area (Å²) in [5, 5.41) is 8.24. The van der Waals surface area contributed by atoms with E-state index in [1.165, 1.54) is 6.08 Å². The molecule has 0 amide bonds. The highest BCUT2D eigenvalue weighted by molar-refractivity contribution is 5.81. The molecule has 4 heteroatoms. The molecule has 0 fully saturated rings. The van der Waals surface area contributed by atoms with Crippen LogP contribution >= 0.6 is 0 Å². The second kappa shape index (κ2) is 7.12. The van der Waals surface area contributed by atoms with Crippen molar-refractivity contribution in [2.24, 2.45) is 5.92 Å². The van der Waals surface area contributed by atoms with Crippen molar-refractivity contribution in [3.05, 3.63) is 12.2 Å². The first-order chi connectivity index (χ1) is 6.52. The minimum Gasteiger partial charge on any atom is -0.478 e. The van der Waals surface area contributed by atoms with E-state index in [9.17, 15) is 9.59 Å². The third-order valence-electron chi connectivity index (χ3n) is 1.50. The monoisotopic (exact) mass is 200 g/mol. The highest BCUT2D eigenvalue weighted by Crippen LogP contribution is 2.00. The summed E-state index contributed by atoms with van der Waals surface area (Å²) in [6.45, 7) is 4.48. The van der Waals surface area contributed by atoms with Gasteiger partial charge in [-0.3, -0.25) is 4.79 Å². The fraction of sp³-hybridized carbons (Fsp3) is 0.600. The maximum Gasteiger partial charge on any atom is 0.327 e. The lowest BCUT2D eigenvalue weighted by molar-refractivity contribution is -0.142. The minimum atomic E-state index is -1.06. The molecule has 0 saturated heterocycles. The molecule has 0 radical (unpaired) electrons. The summed E-state index contributed by atoms with van der Waals surface area (Å²) in [7, 11) is 0. The lowest BCUT2D eigenvalue weighted by Crippen LogP contribution is -2.06. The number of hydrogen-bond donors (Lipinski definition) is 1. The fourth-order valence-corrected chi connectivity index (χ4v) is 0.723. The molecule has 0 aromatic heterocycles. The number of aliphatic carboxylic acids is 1. The zero-order valence-electron chi connectivity index (χ0n) is 8.53. The molecule has 0 aliphatic rings. The average molecular weight is 200 g/mol. The van der Waals surface area contributed by atoms with E-state index in [0.717, 1.165) is 12.5 Å². The standard InChI is InChI=1S/C10H16O4/c1-8(2)6-7-14-10(13)5-3-4-9(11)12/h3-4,8H,5-7H2,1-2H3,(H,11,12)/b4-3+. The van der Waals surface area contributed by atoms with E-state index >= 15 is 0 Å². The maximum absolute atomic E-state index is 10.9. The van der Waals surface area contributed by atoms with E-state index in [2.05, 4.69) is 0 Å². The zero-order chi connectivity index (χ0) is 11.0. The fourth-order valence-electron chi connectivity index (χ4n) is 0.723. The molecule has 0 aliphatic heterocycles. The predicted octanol–water partition coefficient (Wildman–Crippen LogP) is 1.61. The largest absolute Gasteiger partial charge is 0.478 e. The number of rotatable bonds is 6. The molecule has 1 N–H and O–H groups in total. The van der Waals surface area contributed by atoms with Crippen LogP contribution in [-0.2, 0) is 14.3 Å². The average Bonchev–Trinajstić information content (AvgIpc) is 2.02. The van der Waals surface area contributed by atoms with Gasteiger partial charge in [-0.25, -0.2) is 4.79 Å². The third kappa shape index (κ3) is 8.77. The predicted molar refractivity (Wildman–Crippen MR) is 51.8 cm³/mol. The van der Waals surface area contributed by atoms with E-state index in [-0.39, 0.29) is 12.4 Å². The highest BCUT2D eigenvalue weighted by atomic mass is 16.5. The van der Waals surface area contributed by atoms with Crippen molar-refractivity contribution in [1.29, 1.82) is 0 Å². The Bertz CT molecular complexity index is 218. The van der Waals surface area contributed by atoms with Crippen LogP contribution < -0.4 is 0 Å². The van der Waals surface area contributed by atoms with Crippen LogP contribution in [0.1, 0.15) is 26.7 Å². The summed E-state index contributed by atoms with van der Waals surface area (Å²) in [4.78, 5) is 21.0. The van der Waals surface area contributed by atoms with Gasteiger partial charge in [0.1, 0.15) is 0 Å². The molecule has 0 spiro atoms. The number of carbonyl (C=O) groups excluding carboxylic acids is 1. The van der Waals surface area contributed by atoms with Crippen LogP contribution in [0.4, 0.5) is 0 Å². The van der Waals surface area contributed by atoms with Crippen molar-refractivity contribution in [3.63, 3.8) is 0 Å². The van der Waals surface area contributed by atoms with Crippen molar-refractivity contribution in [3.8, 4) is 0 Å². The molecule has 0 bridgehead atoms. The Morgan fingerprint density at radius 1 is 1.43 bits per heavy atom. The van der Waals surface area contributed by atoms with Crippen molar-refractivity contribution >= 4 is 11.9 Å². The van der Waals surface area contributed by atoms with Crippen LogP contribution in [0, 0.1) is 5.92 Å². The van der Waals surface area contributed by atoms with Crippen molar-refractivity contribution in [2.45, 2.75) is 26.7 Å². The number of hydrogen-bond acceptors (Lipinski definition) is 3. The summed E-state index contributed by atoms with van der Waals surface area (Å²) in [6.07, 6.45) is 3.06. The smallest absolute Gasteiger partial charge is 0.327 e.